The van der Waals surface area contributed by atoms with Crippen molar-refractivity contribution in [3.63, 3.8) is 0 Å². The lowest BCUT2D eigenvalue weighted by atomic mass is 10.3. The molecule has 10 heteroatoms. The van der Waals surface area contributed by atoms with E-state index in [0.717, 1.165) is 16.4 Å². The first kappa shape index (κ1) is 19.9. The number of hydrogen-bond acceptors (Lipinski definition) is 6. The highest BCUT2D eigenvalue weighted by molar-refractivity contribution is 7.99. The first-order valence-corrected chi connectivity index (χ1v) is 10.8. The average molecular weight is 420 g/mol. The van der Waals surface area contributed by atoms with Crippen LogP contribution in [0.4, 0.5) is 15.9 Å². The molecule has 2 aromatic carbocycles. The number of nitrogens with zero attached hydrogens (tertiary/aromatic N) is 2. The number of thioether (sulfide) groups is 1. The molecule has 3 N–H and O–H groups in total. The standard InChI is InChI=1S/C18H17FN4O3S2/c1-27-18-16(28(25,26)14-8-3-2-4-9-14)17(20)23(22-18)11-15(24)21-13-7-5-6-12(19)10-13/h2-10H,11,20H2,1H3,(H,21,24). The summed E-state index contributed by atoms with van der Waals surface area (Å²) >= 11 is 1.11. The van der Waals surface area contributed by atoms with Crippen LogP contribution >= 0.6 is 11.8 Å². The molecule has 1 heterocycles. The number of benzene rings is 2. The molecule has 0 aliphatic heterocycles. The second-order valence-corrected chi connectivity index (χ2v) is 8.44. The predicted molar refractivity (Wildman–Crippen MR) is 105 cm³/mol. The Morgan fingerprint density at radius 1 is 1.21 bits per heavy atom. The summed E-state index contributed by atoms with van der Waals surface area (Å²) in [5.74, 6) is -1.14. The Kier molecular flexibility index (Phi) is 5.71. The average Bonchev–Trinajstić information content (AvgIpc) is 2.98. The van der Waals surface area contributed by atoms with Crippen LogP contribution in [0.1, 0.15) is 0 Å². The Morgan fingerprint density at radius 2 is 1.93 bits per heavy atom. The van der Waals surface area contributed by atoms with Gasteiger partial charge in [-0.2, -0.15) is 5.10 Å². The molecule has 0 spiro atoms. The summed E-state index contributed by atoms with van der Waals surface area (Å²) in [5.41, 5.74) is 6.31. The van der Waals surface area contributed by atoms with E-state index in [4.69, 9.17) is 5.73 Å². The Morgan fingerprint density at radius 3 is 2.57 bits per heavy atom. The minimum Gasteiger partial charge on any atom is -0.383 e. The van der Waals surface area contributed by atoms with Crippen molar-refractivity contribution in [1.82, 2.24) is 9.78 Å². The number of nitrogens with two attached hydrogens (primary N) is 1. The van der Waals surface area contributed by atoms with E-state index >= 15 is 0 Å². The summed E-state index contributed by atoms with van der Waals surface area (Å²) in [6.45, 7) is -0.319. The van der Waals surface area contributed by atoms with E-state index in [9.17, 15) is 17.6 Å². The van der Waals surface area contributed by atoms with Gasteiger partial charge in [-0.05, 0) is 36.6 Å². The number of amides is 1. The number of nitrogen functional groups attached to an aromatic ring is 1. The van der Waals surface area contributed by atoms with Gasteiger partial charge in [0.1, 0.15) is 28.1 Å². The van der Waals surface area contributed by atoms with Gasteiger partial charge in [0.15, 0.2) is 0 Å². The monoisotopic (exact) mass is 420 g/mol. The van der Waals surface area contributed by atoms with Gasteiger partial charge in [-0.25, -0.2) is 17.5 Å². The van der Waals surface area contributed by atoms with Crippen molar-refractivity contribution >= 4 is 39.0 Å². The highest BCUT2D eigenvalue weighted by atomic mass is 32.2. The zero-order valence-electron chi connectivity index (χ0n) is 14.8. The van der Waals surface area contributed by atoms with E-state index in [1.165, 1.54) is 36.4 Å². The maximum Gasteiger partial charge on any atom is 0.246 e. The van der Waals surface area contributed by atoms with E-state index in [0.29, 0.717) is 0 Å². The molecular formula is C18H17FN4O3S2. The van der Waals surface area contributed by atoms with Gasteiger partial charge in [0.05, 0.1) is 4.90 Å². The second-order valence-electron chi connectivity index (χ2n) is 5.76. The molecule has 0 atom stereocenters. The van der Waals surface area contributed by atoms with Gasteiger partial charge in [0, 0.05) is 5.69 Å². The van der Waals surface area contributed by atoms with Gasteiger partial charge in [-0.15, -0.1) is 11.8 Å². The van der Waals surface area contributed by atoms with Gasteiger partial charge >= 0.3 is 0 Å². The summed E-state index contributed by atoms with van der Waals surface area (Å²) in [7, 11) is -3.90. The topological polar surface area (TPSA) is 107 Å². The zero-order chi connectivity index (χ0) is 20.3. The highest BCUT2D eigenvalue weighted by Gasteiger charge is 2.29. The van der Waals surface area contributed by atoms with Gasteiger partial charge in [0.2, 0.25) is 15.7 Å². The van der Waals surface area contributed by atoms with Crippen molar-refractivity contribution in [2.75, 3.05) is 17.3 Å². The summed E-state index contributed by atoms with van der Waals surface area (Å²) in [4.78, 5) is 12.2. The number of anilines is 2. The number of hydrogen-bond donors (Lipinski definition) is 2. The molecule has 0 saturated carbocycles. The maximum atomic E-state index is 13.2. The maximum absolute atomic E-state index is 13.2. The molecule has 146 valence electrons. The molecule has 0 saturated heterocycles. The molecule has 3 aromatic rings. The molecule has 28 heavy (non-hydrogen) atoms. The van der Waals surface area contributed by atoms with E-state index in [1.54, 1.807) is 24.5 Å². The van der Waals surface area contributed by atoms with Crippen molar-refractivity contribution < 1.29 is 17.6 Å². The first-order valence-electron chi connectivity index (χ1n) is 8.08. The van der Waals surface area contributed by atoms with Crippen LogP contribution < -0.4 is 11.1 Å². The summed E-state index contributed by atoms with van der Waals surface area (Å²) in [6, 6.07) is 13.3. The quantitative estimate of drug-likeness (QED) is 0.594. The van der Waals surface area contributed by atoms with E-state index in [-0.39, 0.29) is 32.9 Å². The third kappa shape index (κ3) is 4.02. The molecule has 0 aliphatic rings. The number of carbonyl (C=O) groups excluding carboxylic acids is 1. The normalized spacial score (nSPS) is 11.4. The second kappa shape index (κ2) is 8.03. The van der Waals surface area contributed by atoms with Crippen LogP contribution in [0.25, 0.3) is 0 Å². The molecule has 0 aliphatic carbocycles. The Hall–Kier alpha value is -2.85. The fourth-order valence-corrected chi connectivity index (χ4v) is 5.01. The van der Waals surface area contributed by atoms with Gasteiger partial charge < -0.3 is 11.1 Å². The Balaban J connectivity index is 1.91. The van der Waals surface area contributed by atoms with Gasteiger partial charge in [-0.3, -0.25) is 4.79 Å². The number of sulfone groups is 1. The van der Waals surface area contributed by atoms with Crippen molar-refractivity contribution in [2.24, 2.45) is 0 Å². The first-order chi connectivity index (χ1) is 13.3. The predicted octanol–water partition coefficient (Wildman–Crippen LogP) is 2.80. The zero-order valence-corrected chi connectivity index (χ0v) is 16.4. The van der Waals surface area contributed by atoms with E-state index in [1.807, 2.05) is 0 Å². The molecule has 3 rings (SSSR count). The van der Waals surface area contributed by atoms with Crippen LogP contribution in [0.2, 0.25) is 0 Å². The van der Waals surface area contributed by atoms with Gasteiger partial charge in [0.25, 0.3) is 0 Å². The molecule has 1 aromatic heterocycles. The lowest BCUT2D eigenvalue weighted by Gasteiger charge is -2.08. The fourth-order valence-electron chi connectivity index (χ4n) is 2.56. The molecule has 0 unspecified atom stereocenters. The van der Waals surface area contributed by atoms with Crippen molar-refractivity contribution in [2.45, 2.75) is 21.4 Å². The highest BCUT2D eigenvalue weighted by Crippen LogP contribution is 2.33. The largest absolute Gasteiger partial charge is 0.383 e. The SMILES string of the molecule is CSc1nn(CC(=O)Nc2cccc(F)c2)c(N)c1S(=O)(=O)c1ccccc1. The summed E-state index contributed by atoms with van der Waals surface area (Å²) in [6.07, 6.45) is 1.67. The fraction of sp³-hybridized carbons (Fsp3) is 0.111. The van der Waals surface area contributed by atoms with Crippen LogP contribution in [0.5, 0.6) is 0 Å². The molecular weight excluding hydrogens is 403 g/mol. The van der Waals surface area contributed by atoms with Gasteiger partial charge in [-0.1, -0.05) is 24.3 Å². The number of nitrogens with one attached hydrogen (secondary N) is 1. The lowest BCUT2D eigenvalue weighted by molar-refractivity contribution is -0.116. The number of halogens is 1. The minimum absolute atomic E-state index is 0.0840. The number of rotatable bonds is 6. The van der Waals surface area contributed by atoms with Crippen LogP contribution in [0.15, 0.2) is 69.4 Å². The summed E-state index contributed by atoms with van der Waals surface area (Å²) in [5, 5.41) is 6.88. The number of aromatic nitrogens is 2. The molecule has 7 nitrogen and oxygen atoms in total. The third-order valence-electron chi connectivity index (χ3n) is 3.83. The molecule has 0 bridgehead atoms. The van der Waals surface area contributed by atoms with Crippen LogP contribution in [0, 0.1) is 5.82 Å². The van der Waals surface area contributed by atoms with Crippen LogP contribution in [-0.2, 0) is 21.2 Å². The van der Waals surface area contributed by atoms with Crippen molar-refractivity contribution in [3.05, 3.63) is 60.4 Å². The molecule has 1 amide bonds. The van der Waals surface area contributed by atoms with E-state index < -0.39 is 21.6 Å². The minimum atomic E-state index is -3.90. The molecule has 0 fully saturated rings. The third-order valence-corrected chi connectivity index (χ3v) is 6.47. The smallest absolute Gasteiger partial charge is 0.246 e. The van der Waals surface area contributed by atoms with Crippen molar-refractivity contribution in [1.29, 1.82) is 0 Å². The van der Waals surface area contributed by atoms with Crippen LogP contribution in [0.3, 0.4) is 0 Å². The summed E-state index contributed by atoms with van der Waals surface area (Å²) < 4.78 is 40.3. The molecule has 0 radical (unpaired) electrons. The number of carbonyl (C=O) groups is 1. The van der Waals surface area contributed by atoms with Crippen LogP contribution in [-0.4, -0.2) is 30.4 Å². The Labute approximate surface area is 165 Å². The Bertz CT molecular complexity index is 1120. The van der Waals surface area contributed by atoms with E-state index in [2.05, 4.69) is 10.4 Å². The van der Waals surface area contributed by atoms with Crippen molar-refractivity contribution in [3.8, 4) is 0 Å². The lowest BCUT2D eigenvalue weighted by Crippen LogP contribution is -2.21.